The van der Waals surface area contributed by atoms with Gasteiger partial charge in [-0.3, -0.25) is 0 Å². The van der Waals surface area contributed by atoms with Crippen molar-refractivity contribution in [1.29, 1.82) is 0 Å². The fourth-order valence-electron chi connectivity index (χ4n) is 0.788. The molecule has 4 nitrogen and oxygen atoms in total. The van der Waals surface area contributed by atoms with Crippen LogP contribution >= 0.6 is 11.7 Å². The van der Waals surface area contributed by atoms with Crippen molar-refractivity contribution < 1.29 is 9.84 Å². The summed E-state index contributed by atoms with van der Waals surface area (Å²) in [6.45, 7) is 2.73. The van der Waals surface area contributed by atoms with Crippen molar-refractivity contribution in [1.82, 2.24) is 8.75 Å². The van der Waals surface area contributed by atoms with Gasteiger partial charge in [-0.05, 0) is 6.42 Å². The van der Waals surface area contributed by atoms with Gasteiger partial charge in [-0.15, -0.1) is 8.75 Å². The first-order chi connectivity index (χ1) is 5.84. The molecule has 0 saturated carbocycles. The zero-order valence-corrected chi connectivity index (χ0v) is 7.80. The lowest BCUT2D eigenvalue weighted by Crippen LogP contribution is -1.96. The van der Waals surface area contributed by atoms with E-state index in [1.807, 2.05) is 0 Å². The molecule has 0 atom stereocenters. The summed E-state index contributed by atoms with van der Waals surface area (Å²) in [5, 5.41) is 9.02. The molecule has 1 aromatic rings. The minimum atomic E-state index is -0.100. The van der Waals surface area contributed by atoms with Gasteiger partial charge in [0.1, 0.15) is 0 Å². The van der Waals surface area contributed by atoms with Gasteiger partial charge in [0, 0.05) is 0 Å². The van der Waals surface area contributed by atoms with Crippen LogP contribution in [0.25, 0.3) is 0 Å². The first-order valence-corrected chi connectivity index (χ1v) is 4.72. The highest BCUT2D eigenvalue weighted by Crippen LogP contribution is 2.21. The Balaban J connectivity index is 2.20. The second kappa shape index (κ2) is 4.92. The number of aromatic nitrogens is 2. The van der Waals surface area contributed by atoms with Gasteiger partial charge in [-0.1, -0.05) is 19.8 Å². The van der Waals surface area contributed by atoms with Crippen molar-refractivity contribution in [2.45, 2.75) is 26.2 Å². The molecule has 0 aliphatic heterocycles. The van der Waals surface area contributed by atoms with Crippen molar-refractivity contribution in [2.75, 3.05) is 6.61 Å². The lowest BCUT2D eigenvalue weighted by Gasteiger charge is -2.00. The number of rotatable bonds is 5. The average Bonchev–Trinajstić information content (AvgIpc) is 2.46. The molecule has 0 spiro atoms. The van der Waals surface area contributed by atoms with E-state index in [1.165, 1.54) is 0 Å². The summed E-state index contributed by atoms with van der Waals surface area (Å²) in [5.41, 5.74) is 0. The van der Waals surface area contributed by atoms with Crippen LogP contribution in [0.5, 0.6) is 11.8 Å². The number of unbranched alkanes of at least 4 members (excludes halogenated alkanes) is 2. The SMILES string of the molecule is CCCCCOc1nsnc1O. The largest absolute Gasteiger partial charge is 0.489 e. The molecule has 0 aliphatic rings. The van der Waals surface area contributed by atoms with Gasteiger partial charge in [-0.25, -0.2) is 0 Å². The van der Waals surface area contributed by atoms with Crippen LogP contribution in [0.4, 0.5) is 0 Å². The van der Waals surface area contributed by atoms with Crippen LogP contribution in [0.2, 0.25) is 0 Å². The Bertz CT molecular complexity index is 227. The van der Waals surface area contributed by atoms with Crippen LogP contribution in [-0.4, -0.2) is 20.5 Å². The lowest BCUT2D eigenvalue weighted by molar-refractivity contribution is 0.280. The molecule has 0 aliphatic carbocycles. The van der Waals surface area contributed by atoms with Gasteiger partial charge >= 0.3 is 0 Å². The van der Waals surface area contributed by atoms with E-state index in [4.69, 9.17) is 9.84 Å². The Hall–Kier alpha value is -0.840. The third-order valence-electron chi connectivity index (χ3n) is 1.43. The average molecular weight is 188 g/mol. The van der Waals surface area contributed by atoms with Crippen LogP contribution in [0.15, 0.2) is 0 Å². The van der Waals surface area contributed by atoms with Crippen LogP contribution in [0, 0.1) is 0 Å². The third-order valence-corrected chi connectivity index (χ3v) is 1.93. The van der Waals surface area contributed by atoms with Crippen LogP contribution in [0.1, 0.15) is 26.2 Å². The van der Waals surface area contributed by atoms with Gasteiger partial charge < -0.3 is 9.84 Å². The Morgan fingerprint density at radius 3 is 2.83 bits per heavy atom. The van der Waals surface area contributed by atoms with Crippen molar-refractivity contribution in [3.05, 3.63) is 0 Å². The zero-order valence-electron chi connectivity index (χ0n) is 6.99. The number of hydrogen-bond acceptors (Lipinski definition) is 5. The highest BCUT2D eigenvalue weighted by atomic mass is 32.1. The summed E-state index contributed by atoms with van der Waals surface area (Å²) >= 11 is 0.955. The molecular weight excluding hydrogens is 176 g/mol. The molecular formula is C7H12N2O2S. The van der Waals surface area contributed by atoms with Gasteiger partial charge in [0.25, 0.3) is 11.8 Å². The quantitative estimate of drug-likeness (QED) is 0.716. The van der Waals surface area contributed by atoms with E-state index >= 15 is 0 Å². The molecule has 1 aromatic heterocycles. The maximum atomic E-state index is 9.02. The van der Waals surface area contributed by atoms with E-state index in [1.54, 1.807) is 0 Å². The molecule has 68 valence electrons. The van der Waals surface area contributed by atoms with Crippen molar-refractivity contribution in [3.8, 4) is 11.8 Å². The van der Waals surface area contributed by atoms with E-state index in [0.717, 1.165) is 31.0 Å². The van der Waals surface area contributed by atoms with Crippen LogP contribution in [0.3, 0.4) is 0 Å². The molecule has 0 saturated heterocycles. The monoisotopic (exact) mass is 188 g/mol. The number of nitrogens with zero attached hydrogens (tertiary/aromatic N) is 2. The smallest absolute Gasteiger partial charge is 0.290 e. The van der Waals surface area contributed by atoms with Crippen LogP contribution < -0.4 is 4.74 Å². The third kappa shape index (κ3) is 2.65. The summed E-state index contributed by atoms with van der Waals surface area (Å²) in [7, 11) is 0. The maximum Gasteiger partial charge on any atom is 0.290 e. The maximum absolute atomic E-state index is 9.02. The summed E-state index contributed by atoms with van der Waals surface area (Å²) in [5.74, 6) is 0.160. The predicted octanol–water partition coefficient (Wildman–Crippen LogP) is 1.81. The van der Waals surface area contributed by atoms with E-state index < -0.39 is 0 Å². The fraction of sp³-hybridized carbons (Fsp3) is 0.714. The highest BCUT2D eigenvalue weighted by molar-refractivity contribution is 6.99. The van der Waals surface area contributed by atoms with Crippen molar-refractivity contribution in [3.63, 3.8) is 0 Å². The van der Waals surface area contributed by atoms with E-state index in [-0.39, 0.29) is 11.8 Å². The number of aromatic hydroxyl groups is 1. The molecule has 0 radical (unpaired) electrons. The van der Waals surface area contributed by atoms with Gasteiger partial charge in [0.15, 0.2) is 0 Å². The number of ether oxygens (including phenoxy) is 1. The topological polar surface area (TPSA) is 55.2 Å². The molecule has 0 amide bonds. The first kappa shape index (κ1) is 9.25. The predicted molar refractivity (Wildman–Crippen MR) is 46.6 cm³/mol. The van der Waals surface area contributed by atoms with Gasteiger partial charge in [0.2, 0.25) is 0 Å². The second-order valence-electron chi connectivity index (χ2n) is 2.45. The molecule has 0 unspecified atom stereocenters. The molecule has 0 bridgehead atoms. The fourth-order valence-corrected chi connectivity index (χ4v) is 1.19. The minimum Gasteiger partial charge on any atom is -0.489 e. The lowest BCUT2D eigenvalue weighted by atomic mass is 10.3. The molecule has 0 fully saturated rings. The van der Waals surface area contributed by atoms with Crippen molar-refractivity contribution in [2.24, 2.45) is 0 Å². The molecule has 5 heteroatoms. The standard InChI is InChI=1S/C7H12N2O2S/c1-2-3-4-5-11-7-6(10)8-12-9-7/h2-5H2,1H3,(H,8,10). The Morgan fingerprint density at radius 1 is 1.42 bits per heavy atom. The number of hydrogen-bond donors (Lipinski definition) is 1. The van der Waals surface area contributed by atoms with Crippen molar-refractivity contribution >= 4 is 11.7 Å². The summed E-state index contributed by atoms with van der Waals surface area (Å²) in [4.78, 5) is 0. The molecule has 1 rings (SSSR count). The zero-order chi connectivity index (χ0) is 8.81. The Morgan fingerprint density at radius 2 is 2.25 bits per heavy atom. The van der Waals surface area contributed by atoms with E-state index in [9.17, 15) is 0 Å². The van der Waals surface area contributed by atoms with Gasteiger partial charge in [-0.2, -0.15) is 0 Å². The molecule has 1 heterocycles. The minimum absolute atomic E-state index is 0.100. The normalized spacial score (nSPS) is 10.1. The van der Waals surface area contributed by atoms with E-state index in [2.05, 4.69) is 15.7 Å². The van der Waals surface area contributed by atoms with E-state index in [0.29, 0.717) is 6.61 Å². The molecule has 1 N–H and O–H groups in total. The second-order valence-corrected chi connectivity index (χ2v) is 2.98. The highest BCUT2D eigenvalue weighted by Gasteiger charge is 2.05. The summed E-state index contributed by atoms with van der Waals surface area (Å²) < 4.78 is 12.5. The summed E-state index contributed by atoms with van der Waals surface area (Å²) in [6.07, 6.45) is 3.29. The Labute approximate surface area is 75.5 Å². The molecule has 0 aromatic carbocycles. The molecule has 12 heavy (non-hydrogen) atoms. The summed E-state index contributed by atoms with van der Waals surface area (Å²) in [6, 6.07) is 0. The van der Waals surface area contributed by atoms with Gasteiger partial charge in [0.05, 0.1) is 18.3 Å². The Kier molecular flexibility index (Phi) is 3.79. The van der Waals surface area contributed by atoms with Crippen LogP contribution in [-0.2, 0) is 0 Å². The first-order valence-electron chi connectivity index (χ1n) is 3.99.